The van der Waals surface area contributed by atoms with Crippen LogP contribution in [0, 0.1) is 0 Å². The van der Waals surface area contributed by atoms with E-state index in [1.807, 2.05) is 28.8 Å². The number of benzene rings is 1. The molecule has 1 fully saturated rings. The molecule has 0 amide bonds. The summed E-state index contributed by atoms with van der Waals surface area (Å²) < 4.78 is 1.93. The molecule has 3 aromatic rings. The van der Waals surface area contributed by atoms with Crippen molar-refractivity contribution in [3.63, 3.8) is 0 Å². The summed E-state index contributed by atoms with van der Waals surface area (Å²) in [6.45, 7) is 0. The van der Waals surface area contributed by atoms with Crippen LogP contribution in [0.1, 0.15) is 43.8 Å². The van der Waals surface area contributed by atoms with Crippen LogP contribution in [0.25, 0.3) is 15.5 Å². The normalized spacial score (nSPS) is 16.6. The molecule has 1 aliphatic rings. The highest BCUT2D eigenvalue weighted by molar-refractivity contribution is 7.19. The fraction of sp³-hybridized carbons (Fsp3) is 0.400. The lowest BCUT2D eigenvalue weighted by atomic mass is 9.89. The summed E-state index contributed by atoms with van der Waals surface area (Å²) in [5, 5.41) is 14.3. The van der Waals surface area contributed by atoms with Crippen molar-refractivity contribution in [3.05, 3.63) is 30.1 Å². The molecule has 1 aliphatic carbocycles. The highest BCUT2D eigenvalue weighted by Crippen LogP contribution is 2.33. The first-order valence-electron chi connectivity index (χ1n) is 7.39. The van der Waals surface area contributed by atoms with Gasteiger partial charge in [-0.15, -0.1) is 10.2 Å². The molecule has 0 spiro atoms. The summed E-state index contributed by atoms with van der Waals surface area (Å²) in [7, 11) is 0. The van der Waals surface area contributed by atoms with E-state index in [1.165, 1.54) is 32.1 Å². The third-order valence-electron chi connectivity index (χ3n) is 4.12. The standard InChI is InChI=1S/C15H17N5S/c16-12-8-4-7-11(9-12)14-19-20-13(17-18-15(20)21-14)10-5-2-1-3-6-10/h4,7-10H,1-3,5-6,16H2. The first kappa shape index (κ1) is 12.8. The Morgan fingerprint density at radius 3 is 2.81 bits per heavy atom. The van der Waals surface area contributed by atoms with E-state index < -0.39 is 0 Å². The minimum atomic E-state index is 0.504. The Labute approximate surface area is 126 Å². The minimum absolute atomic E-state index is 0.504. The van der Waals surface area contributed by atoms with Crippen LogP contribution in [0.3, 0.4) is 0 Å². The van der Waals surface area contributed by atoms with Crippen LogP contribution < -0.4 is 5.73 Å². The molecule has 0 radical (unpaired) electrons. The molecule has 2 heterocycles. The number of nitrogen functional groups attached to an aromatic ring is 1. The molecular weight excluding hydrogens is 282 g/mol. The van der Waals surface area contributed by atoms with Gasteiger partial charge in [0.1, 0.15) is 5.01 Å². The van der Waals surface area contributed by atoms with Crippen molar-refractivity contribution in [2.24, 2.45) is 0 Å². The fourth-order valence-corrected chi connectivity index (χ4v) is 3.88. The molecule has 2 N–H and O–H groups in total. The van der Waals surface area contributed by atoms with Crippen molar-refractivity contribution in [2.45, 2.75) is 38.0 Å². The highest BCUT2D eigenvalue weighted by atomic mass is 32.1. The molecule has 0 atom stereocenters. The van der Waals surface area contributed by atoms with Crippen molar-refractivity contribution >= 4 is 22.0 Å². The fourth-order valence-electron chi connectivity index (χ4n) is 3.04. The summed E-state index contributed by atoms with van der Waals surface area (Å²) in [6, 6.07) is 7.82. The number of hydrogen-bond acceptors (Lipinski definition) is 5. The van der Waals surface area contributed by atoms with E-state index in [-0.39, 0.29) is 0 Å². The predicted molar refractivity (Wildman–Crippen MR) is 84.3 cm³/mol. The van der Waals surface area contributed by atoms with Crippen LogP contribution >= 0.6 is 11.3 Å². The lowest BCUT2D eigenvalue weighted by Gasteiger charge is -2.18. The SMILES string of the molecule is Nc1cccc(-c2nn3c(C4CCCCC4)nnc3s2)c1. The average molecular weight is 299 g/mol. The molecule has 6 heteroatoms. The lowest BCUT2D eigenvalue weighted by Crippen LogP contribution is -2.09. The second-order valence-corrected chi connectivity index (χ2v) is 6.58. The molecule has 0 saturated heterocycles. The van der Waals surface area contributed by atoms with Gasteiger partial charge in [-0.1, -0.05) is 42.7 Å². The number of aromatic nitrogens is 4. The molecule has 2 aromatic heterocycles. The van der Waals surface area contributed by atoms with E-state index in [0.717, 1.165) is 27.0 Å². The Kier molecular flexibility index (Phi) is 3.11. The number of hydrogen-bond donors (Lipinski definition) is 1. The van der Waals surface area contributed by atoms with Crippen LogP contribution in [-0.4, -0.2) is 19.8 Å². The van der Waals surface area contributed by atoms with Crippen molar-refractivity contribution < 1.29 is 0 Å². The van der Waals surface area contributed by atoms with E-state index in [1.54, 1.807) is 11.3 Å². The lowest BCUT2D eigenvalue weighted by molar-refractivity contribution is 0.423. The zero-order valence-electron chi connectivity index (χ0n) is 11.7. The second kappa shape index (κ2) is 5.11. The summed E-state index contributed by atoms with van der Waals surface area (Å²) >= 11 is 1.57. The van der Waals surface area contributed by atoms with Gasteiger partial charge in [-0.05, 0) is 25.0 Å². The van der Waals surface area contributed by atoms with Gasteiger partial charge in [0.05, 0.1) is 0 Å². The zero-order chi connectivity index (χ0) is 14.2. The monoisotopic (exact) mass is 299 g/mol. The molecule has 21 heavy (non-hydrogen) atoms. The van der Waals surface area contributed by atoms with Gasteiger partial charge in [-0.3, -0.25) is 0 Å². The third kappa shape index (κ3) is 2.29. The van der Waals surface area contributed by atoms with E-state index in [4.69, 9.17) is 10.8 Å². The van der Waals surface area contributed by atoms with Crippen LogP contribution in [0.2, 0.25) is 0 Å². The largest absolute Gasteiger partial charge is 0.399 e. The molecule has 1 saturated carbocycles. The van der Waals surface area contributed by atoms with Gasteiger partial charge < -0.3 is 5.73 Å². The molecule has 0 unspecified atom stereocenters. The van der Waals surface area contributed by atoms with Crippen molar-refractivity contribution in [1.82, 2.24) is 19.8 Å². The quantitative estimate of drug-likeness (QED) is 0.735. The molecule has 0 aliphatic heterocycles. The third-order valence-corrected chi connectivity index (χ3v) is 5.07. The summed E-state index contributed by atoms with van der Waals surface area (Å²) in [4.78, 5) is 0.869. The Hall–Kier alpha value is -1.95. The first-order chi connectivity index (χ1) is 10.3. The Morgan fingerprint density at radius 2 is 2.00 bits per heavy atom. The maximum Gasteiger partial charge on any atom is 0.234 e. The smallest absolute Gasteiger partial charge is 0.234 e. The van der Waals surface area contributed by atoms with Crippen LogP contribution in [0.5, 0.6) is 0 Å². The molecule has 5 nitrogen and oxygen atoms in total. The molecule has 0 bridgehead atoms. The molecular formula is C15H17N5S. The maximum absolute atomic E-state index is 5.85. The van der Waals surface area contributed by atoms with Gasteiger partial charge in [0.25, 0.3) is 0 Å². The second-order valence-electron chi connectivity index (χ2n) is 5.62. The molecule has 108 valence electrons. The number of fused-ring (bicyclic) bond motifs is 1. The van der Waals surface area contributed by atoms with Crippen LogP contribution in [0.15, 0.2) is 24.3 Å². The Bertz CT molecular complexity index is 769. The van der Waals surface area contributed by atoms with E-state index in [0.29, 0.717) is 5.92 Å². The molecule has 4 rings (SSSR count). The van der Waals surface area contributed by atoms with Gasteiger partial charge in [-0.2, -0.15) is 9.61 Å². The van der Waals surface area contributed by atoms with Crippen molar-refractivity contribution in [2.75, 3.05) is 5.73 Å². The van der Waals surface area contributed by atoms with Crippen molar-refractivity contribution in [1.29, 1.82) is 0 Å². The molecule has 1 aromatic carbocycles. The number of nitrogens with zero attached hydrogens (tertiary/aromatic N) is 4. The van der Waals surface area contributed by atoms with Gasteiger partial charge in [0.15, 0.2) is 5.82 Å². The topological polar surface area (TPSA) is 69.1 Å². The van der Waals surface area contributed by atoms with Crippen LogP contribution in [0.4, 0.5) is 5.69 Å². The zero-order valence-corrected chi connectivity index (χ0v) is 12.5. The number of anilines is 1. The van der Waals surface area contributed by atoms with E-state index in [2.05, 4.69) is 10.2 Å². The van der Waals surface area contributed by atoms with Crippen molar-refractivity contribution in [3.8, 4) is 10.6 Å². The van der Waals surface area contributed by atoms with Gasteiger partial charge in [-0.25, -0.2) is 0 Å². The average Bonchev–Trinajstić information content (AvgIpc) is 3.08. The first-order valence-corrected chi connectivity index (χ1v) is 8.21. The Morgan fingerprint density at radius 1 is 1.14 bits per heavy atom. The van der Waals surface area contributed by atoms with Gasteiger partial charge in [0, 0.05) is 17.2 Å². The minimum Gasteiger partial charge on any atom is -0.399 e. The predicted octanol–water partition coefficient (Wildman–Crippen LogP) is 3.48. The summed E-state index contributed by atoms with van der Waals surface area (Å²) in [6.07, 6.45) is 6.31. The van der Waals surface area contributed by atoms with E-state index >= 15 is 0 Å². The van der Waals surface area contributed by atoms with Gasteiger partial charge >= 0.3 is 0 Å². The summed E-state index contributed by atoms with van der Waals surface area (Å²) in [5.74, 6) is 1.53. The van der Waals surface area contributed by atoms with Crippen LogP contribution in [-0.2, 0) is 0 Å². The number of rotatable bonds is 2. The maximum atomic E-state index is 5.85. The van der Waals surface area contributed by atoms with E-state index in [9.17, 15) is 0 Å². The van der Waals surface area contributed by atoms with Gasteiger partial charge in [0.2, 0.25) is 4.96 Å². The number of nitrogens with two attached hydrogens (primary N) is 1. The highest BCUT2D eigenvalue weighted by Gasteiger charge is 2.23. The Balaban J connectivity index is 1.75. The summed E-state index contributed by atoms with van der Waals surface area (Å²) in [5.41, 5.74) is 7.65.